The molecule has 0 bridgehead atoms. The maximum absolute atomic E-state index is 9.76. The van der Waals surface area contributed by atoms with Gasteiger partial charge in [-0.05, 0) is 25.7 Å². The van der Waals surface area contributed by atoms with Crippen LogP contribution >= 0.6 is 0 Å². The lowest BCUT2D eigenvalue weighted by molar-refractivity contribution is -0.00828. The Morgan fingerprint density at radius 2 is 1.92 bits per heavy atom. The van der Waals surface area contributed by atoms with Gasteiger partial charge in [-0.2, -0.15) is 0 Å². The summed E-state index contributed by atoms with van der Waals surface area (Å²) in [5, 5.41) is 9.76. The summed E-state index contributed by atoms with van der Waals surface area (Å²) in [6.07, 6.45) is 3.12. The first-order chi connectivity index (χ1) is 6.03. The van der Waals surface area contributed by atoms with Crippen molar-refractivity contribution in [2.45, 2.75) is 45.6 Å². The van der Waals surface area contributed by atoms with Gasteiger partial charge in [-0.25, -0.2) is 0 Å². The van der Waals surface area contributed by atoms with Gasteiger partial charge >= 0.3 is 0 Å². The first-order valence-electron chi connectivity index (χ1n) is 5.48. The van der Waals surface area contributed by atoms with Crippen molar-refractivity contribution in [1.82, 2.24) is 4.90 Å². The fourth-order valence-electron chi connectivity index (χ4n) is 1.79. The van der Waals surface area contributed by atoms with Crippen LogP contribution in [0.5, 0.6) is 0 Å². The standard InChI is InChI=1S/C11H23NO/c1-4-10(2)9-12-7-5-11(3,13)6-8-12/h10,13H,4-9H2,1-3H3. The van der Waals surface area contributed by atoms with E-state index in [1.54, 1.807) is 0 Å². The molecule has 0 aromatic carbocycles. The zero-order valence-electron chi connectivity index (χ0n) is 9.21. The van der Waals surface area contributed by atoms with Crippen molar-refractivity contribution in [1.29, 1.82) is 0 Å². The van der Waals surface area contributed by atoms with Crippen LogP contribution in [0.3, 0.4) is 0 Å². The molecule has 0 spiro atoms. The molecule has 78 valence electrons. The molecule has 0 aromatic heterocycles. The first kappa shape index (κ1) is 11.0. The fraction of sp³-hybridized carbons (Fsp3) is 1.00. The van der Waals surface area contributed by atoms with Gasteiger partial charge in [0.25, 0.3) is 0 Å². The Hall–Kier alpha value is -0.0800. The topological polar surface area (TPSA) is 23.5 Å². The highest BCUT2D eigenvalue weighted by atomic mass is 16.3. The summed E-state index contributed by atoms with van der Waals surface area (Å²) in [6, 6.07) is 0. The summed E-state index contributed by atoms with van der Waals surface area (Å²) in [5.41, 5.74) is -0.397. The lowest BCUT2D eigenvalue weighted by atomic mass is 9.93. The third kappa shape index (κ3) is 3.65. The molecule has 1 unspecified atom stereocenters. The van der Waals surface area contributed by atoms with Gasteiger partial charge < -0.3 is 10.0 Å². The zero-order valence-corrected chi connectivity index (χ0v) is 9.21. The summed E-state index contributed by atoms with van der Waals surface area (Å²) >= 11 is 0. The summed E-state index contributed by atoms with van der Waals surface area (Å²) in [7, 11) is 0. The molecule has 1 atom stereocenters. The molecule has 1 fully saturated rings. The van der Waals surface area contributed by atoms with Crippen LogP contribution in [-0.4, -0.2) is 35.2 Å². The summed E-state index contributed by atoms with van der Waals surface area (Å²) < 4.78 is 0. The smallest absolute Gasteiger partial charge is 0.0644 e. The maximum Gasteiger partial charge on any atom is 0.0644 e. The van der Waals surface area contributed by atoms with Crippen molar-refractivity contribution in [3.8, 4) is 0 Å². The summed E-state index contributed by atoms with van der Waals surface area (Å²) in [4.78, 5) is 2.48. The van der Waals surface area contributed by atoms with Crippen LogP contribution in [0.4, 0.5) is 0 Å². The van der Waals surface area contributed by atoms with E-state index >= 15 is 0 Å². The van der Waals surface area contributed by atoms with E-state index in [0.717, 1.165) is 31.8 Å². The van der Waals surface area contributed by atoms with Crippen LogP contribution in [0.1, 0.15) is 40.0 Å². The highest BCUT2D eigenvalue weighted by Crippen LogP contribution is 2.21. The SMILES string of the molecule is CCC(C)CN1CCC(C)(O)CC1. The van der Waals surface area contributed by atoms with Crippen molar-refractivity contribution in [3.63, 3.8) is 0 Å². The molecule has 1 rings (SSSR count). The fourth-order valence-corrected chi connectivity index (χ4v) is 1.79. The van der Waals surface area contributed by atoms with E-state index in [-0.39, 0.29) is 0 Å². The number of piperidine rings is 1. The van der Waals surface area contributed by atoms with Crippen molar-refractivity contribution < 1.29 is 5.11 Å². The first-order valence-corrected chi connectivity index (χ1v) is 5.48. The van der Waals surface area contributed by atoms with E-state index in [4.69, 9.17) is 0 Å². The van der Waals surface area contributed by atoms with Crippen molar-refractivity contribution in [2.75, 3.05) is 19.6 Å². The van der Waals surface area contributed by atoms with Crippen molar-refractivity contribution in [3.05, 3.63) is 0 Å². The van der Waals surface area contributed by atoms with Gasteiger partial charge in [-0.3, -0.25) is 0 Å². The molecule has 1 N–H and O–H groups in total. The van der Waals surface area contributed by atoms with Crippen LogP contribution in [0.2, 0.25) is 0 Å². The van der Waals surface area contributed by atoms with Gasteiger partial charge in [0.15, 0.2) is 0 Å². The Labute approximate surface area is 81.9 Å². The van der Waals surface area contributed by atoms with Crippen LogP contribution in [0, 0.1) is 5.92 Å². The molecule has 2 nitrogen and oxygen atoms in total. The van der Waals surface area contributed by atoms with E-state index in [2.05, 4.69) is 18.7 Å². The predicted molar refractivity (Wildman–Crippen MR) is 55.8 cm³/mol. The van der Waals surface area contributed by atoms with Crippen LogP contribution in [0.25, 0.3) is 0 Å². The number of likely N-dealkylation sites (tertiary alicyclic amines) is 1. The van der Waals surface area contributed by atoms with E-state index in [0.29, 0.717) is 0 Å². The quantitative estimate of drug-likeness (QED) is 0.725. The molecule has 0 saturated carbocycles. The minimum atomic E-state index is -0.397. The van der Waals surface area contributed by atoms with Gasteiger partial charge in [0.1, 0.15) is 0 Å². The van der Waals surface area contributed by atoms with E-state index < -0.39 is 5.60 Å². The third-order valence-corrected chi connectivity index (χ3v) is 3.20. The van der Waals surface area contributed by atoms with Gasteiger partial charge in [-0.1, -0.05) is 20.3 Å². The Morgan fingerprint density at radius 1 is 1.38 bits per heavy atom. The van der Waals surface area contributed by atoms with Crippen molar-refractivity contribution >= 4 is 0 Å². The highest BCUT2D eigenvalue weighted by Gasteiger charge is 2.27. The largest absolute Gasteiger partial charge is 0.390 e. The lowest BCUT2D eigenvalue weighted by Gasteiger charge is -2.36. The molecule has 2 heteroatoms. The number of hydrogen-bond donors (Lipinski definition) is 1. The molecule has 0 aliphatic carbocycles. The summed E-state index contributed by atoms with van der Waals surface area (Å²) in [6.45, 7) is 9.83. The number of rotatable bonds is 3. The normalized spacial score (nSPS) is 25.8. The molecule has 1 saturated heterocycles. The Kier molecular flexibility index (Phi) is 3.74. The summed E-state index contributed by atoms with van der Waals surface area (Å²) in [5.74, 6) is 0.794. The molecule has 0 aromatic rings. The zero-order chi connectivity index (χ0) is 9.90. The predicted octanol–water partition coefficient (Wildman–Crippen LogP) is 1.88. The average Bonchev–Trinajstić information content (AvgIpc) is 2.08. The second kappa shape index (κ2) is 4.43. The minimum Gasteiger partial charge on any atom is -0.390 e. The van der Waals surface area contributed by atoms with Crippen LogP contribution in [-0.2, 0) is 0 Å². The maximum atomic E-state index is 9.76. The Bertz CT molecular complexity index is 146. The van der Waals surface area contributed by atoms with Gasteiger partial charge in [0.2, 0.25) is 0 Å². The van der Waals surface area contributed by atoms with E-state index in [9.17, 15) is 5.11 Å². The number of hydrogen-bond acceptors (Lipinski definition) is 2. The van der Waals surface area contributed by atoms with Crippen LogP contribution in [0.15, 0.2) is 0 Å². The van der Waals surface area contributed by atoms with E-state index in [1.807, 2.05) is 6.92 Å². The highest BCUT2D eigenvalue weighted by molar-refractivity contribution is 4.81. The average molecular weight is 185 g/mol. The molecule has 13 heavy (non-hydrogen) atoms. The molecule has 1 aliphatic heterocycles. The Morgan fingerprint density at radius 3 is 2.38 bits per heavy atom. The third-order valence-electron chi connectivity index (χ3n) is 3.20. The van der Waals surface area contributed by atoms with Crippen molar-refractivity contribution in [2.24, 2.45) is 5.92 Å². The Balaban J connectivity index is 2.25. The number of aliphatic hydroxyl groups is 1. The second-order valence-corrected chi connectivity index (χ2v) is 4.81. The lowest BCUT2D eigenvalue weighted by Crippen LogP contribution is -2.43. The monoisotopic (exact) mass is 185 g/mol. The molecular weight excluding hydrogens is 162 g/mol. The van der Waals surface area contributed by atoms with E-state index in [1.165, 1.54) is 13.0 Å². The molecule has 0 amide bonds. The molecule has 1 heterocycles. The van der Waals surface area contributed by atoms with Crippen LogP contribution < -0.4 is 0 Å². The number of nitrogens with zero attached hydrogens (tertiary/aromatic N) is 1. The van der Waals surface area contributed by atoms with Gasteiger partial charge in [-0.15, -0.1) is 0 Å². The molecular formula is C11H23NO. The van der Waals surface area contributed by atoms with Gasteiger partial charge in [0.05, 0.1) is 5.60 Å². The minimum absolute atomic E-state index is 0.397. The van der Waals surface area contributed by atoms with Gasteiger partial charge in [0, 0.05) is 19.6 Å². The molecule has 0 radical (unpaired) electrons. The second-order valence-electron chi connectivity index (χ2n) is 4.81. The molecule has 1 aliphatic rings.